The molecule has 8 heteroatoms. The van der Waals surface area contributed by atoms with Crippen molar-refractivity contribution in [3.63, 3.8) is 0 Å². The summed E-state index contributed by atoms with van der Waals surface area (Å²) in [6.45, 7) is 1.33. The van der Waals surface area contributed by atoms with E-state index in [0.717, 1.165) is 9.87 Å². The van der Waals surface area contributed by atoms with Crippen LogP contribution in [0.5, 0.6) is 5.75 Å². The molecule has 0 unspecified atom stereocenters. The Morgan fingerprint density at radius 2 is 2.09 bits per heavy atom. The van der Waals surface area contributed by atoms with Crippen molar-refractivity contribution in [3.05, 3.63) is 42.2 Å². The zero-order valence-electron chi connectivity index (χ0n) is 11.6. The molecule has 0 radical (unpaired) electrons. The lowest BCUT2D eigenvalue weighted by atomic mass is 10.0. The van der Waals surface area contributed by atoms with Crippen LogP contribution in [-0.2, 0) is 15.0 Å². The summed E-state index contributed by atoms with van der Waals surface area (Å²) in [5, 5.41) is 10.2. The minimum atomic E-state index is -3.95. The van der Waals surface area contributed by atoms with Gasteiger partial charge in [0.2, 0.25) is 0 Å². The molecule has 0 spiro atoms. The lowest BCUT2D eigenvalue weighted by Gasteiger charge is -2.19. The third-order valence-electron chi connectivity index (χ3n) is 3.34. The monoisotopic (exact) mass is 319 g/mol. The Morgan fingerprint density at radius 1 is 1.32 bits per heavy atom. The number of hydrogen-bond acceptors (Lipinski definition) is 5. The molecule has 0 bridgehead atoms. The van der Waals surface area contributed by atoms with Crippen molar-refractivity contribution in [2.75, 3.05) is 10.8 Å². The maximum absolute atomic E-state index is 11.9. The van der Waals surface area contributed by atoms with E-state index >= 15 is 0 Å². The highest BCUT2D eigenvalue weighted by molar-refractivity contribution is 7.92. The molecule has 0 saturated carbocycles. The van der Waals surface area contributed by atoms with Crippen molar-refractivity contribution in [2.24, 2.45) is 0 Å². The number of pyridine rings is 1. The molecule has 2 N–H and O–H groups in total. The molecule has 2 aromatic rings. The number of aromatic nitrogens is 1. The largest absolute Gasteiger partial charge is 0.506 e. The number of amides is 1. The van der Waals surface area contributed by atoms with Crippen molar-refractivity contribution in [2.45, 2.75) is 6.92 Å². The zero-order valence-corrected chi connectivity index (χ0v) is 12.5. The molecule has 1 saturated heterocycles. The van der Waals surface area contributed by atoms with Crippen LogP contribution in [0.1, 0.15) is 5.56 Å². The van der Waals surface area contributed by atoms with Gasteiger partial charge in [-0.25, -0.2) is 9.03 Å². The van der Waals surface area contributed by atoms with E-state index in [-0.39, 0.29) is 18.0 Å². The highest BCUT2D eigenvalue weighted by Crippen LogP contribution is 2.37. The summed E-state index contributed by atoms with van der Waals surface area (Å²) in [6, 6.07) is 6.80. The molecular weight excluding hydrogens is 306 g/mol. The molecule has 7 nitrogen and oxygen atoms in total. The summed E-state index contributed by atoms with van der Waals surface area (Å²) >= 11 is 0. The molecule has 1 aromatic heterocycles. The van der Waals surface area contributed by atoms with Crippen molar-refractivity contribution in [3.8, 4) is 16.9 Å². The van der Waals surface area contributed by atoms with E-state index in [0.29, 0.717) is 11.1 Å². The summed E-state index contributed by atoms with van der Waals surface area (Å²) in [5.74, 6) is -0.839. The zero-order chi connectivity index (χ0) is 15.9. The Bertz CT molecular complexity index is 827. The molecule has 1 fully saturated rings. The van der Waals surface area contributed by atoms with Crippen LogP contribution < -0.4 is 9.03 Å². The minimum Gasteiger partial charge on any atom is -0.506 e. The molecular formula is C14H13N3O4S. The number of carbonyl (C=O) groups excluding carboxylic acids is 1. The van der Waals surface area contributed by atoms with Crippen molar-refractivity contribution in [1.29, 1.82) is 0 Å². The van der Waals surface area contributed by atoms with Crippen molar-refractivity contribution >= 4 is 21.8 Å². The van der Waals surface area contributed by atoms with E-state index in [9.17, 15) is 18.3 Å². The predicted molar refractivity (Wildman–Crippen MR) is 80.5 cm³/mol. The average molecular weight is 319 g/mol. The number of rotatable bonds is 2. The summed E-state index contributed by atoms with van der Waals surface area (Å²) in [5.41, 5.74) is 2.15. The van der Waals surface area contributed by atoms with Crippen LogP contribution in [-0.4, -0.2) is 31.0 Å². The van der Waals surface area contributed by atoms with Gasteiger partial charge in [-0.15, -0.1) is 0 Å². The van der Waals surface area contributed by atoms with E-state index < -0.39 is 16.1 Å². The molecule has 1 amide bonds. The third-order valence-corrected chi connectivity index (χ3v) is 4.72. The maximum Gasteiger partial charge on any atom is 0.326 e. The first kappa shape index (κ1) is 14.3. The van der Waals surface area contributed by atoms with Gasteiger partial charge in [0.1, 0.15) is 12.3 Å². The number of phenolic OH excluding ortho intramolecular Hbond substituents is 1. The van der Waals surface area contributed by atoms with E-state index in [1.807, 2.05) is 10.8 Å². The smallest absolute Gasteiger partial charge is 0.326 e. The Kier molecular flexibility index (Phi) is 3.25. The lowest BCUT2D eigenvalue weighted by Crippen LogP contribution is -2.30. The number of phenols is 1. The van der Waals surface area contributed by atoms with Gasteiger partial charge in [0.15, 0.2) is 0 Å². The van der Waals surface area contributed by atoms with E-state index in [1.54, 1.807) is 31.5 Å². The first-order valence-electron chi connectivity index (χ1n) is 6.46. The Balaban J connectivity index is 2.10. The fraction of sp³-hybridized carbons (Fsp3) is 0.143. The summed E-state index contributed by atoms with van der Waals surface area (Å²) in [7, 11) is -3.95. The summed E-state index contributed by atoms with van der Waals surface area (Å²) in [6.07, 6.45) is 3.28. The number of aryl methyl sites for hydroxylation is 1. The van der Waals surface area contributed by atoms with Gasteiger partial charge in [0.25, 0.3) is 5.91 Å². The highest BCUT2D eigenvalue weighted by Gasteiger charge is 2.36. The van der Waals surface area contributed by atoms with Crippen LogP contribution in [0.3, 0.4) is 0 Å². The van der Waals surface area contributed by atoms with Crippen LogP contribution in [0.2, 0.25) is 0 Å². The van der Waals surface area contributed by atoms with Gasteiger partial charge in [-0.1, -0.05) is 6.07 Å². The van der Waals surface area contributed by atoms with Crippen LogP contribution >= 0.6 is 0 Å². The molecule has 1 aliphatic heterocycles. The number of aromatic hydroxyl groups is 1. The normalized spacial score (nSPS) is 16.6. The van der Waals surface area contributed by atoms with Crippen molar-refractivity contribution in [1.82, 2.24) is 9.71 Å². The van der Waals surface area contributed by atoms with Crippen LogP contribution in [0, 0.1) is 6.92 Å². The number of carbonyl (C=O) groups is 1. The second-order valence-corrected chi connectivity index (χ2v) is 6.53. The molecule has 2 heterocycles. The van der Waals surface area contributed by atoms with Gasteiger partial charge in [-0.2, -0.15) is 8.42 Å². The van der Waals surface area contributed by atoms with Gasteiger partial charge < -0.3 is 5.11 Å². The van der Waals surface area contributed by atoms with Gasteiger partial charge in [0, 0.05) is 18.0 Å². The number of anilines is 1. The van der Waals surface area contributed by atoms with Crippen LogP contribution in [0.15, 0.2) is 36.7 Å². The molecule has 0 aliphatic carbocycles. The fourth-order valence-corrected chi connectivity index (χ4v) is 3.66. The van der Waals surface area contributed by atoms with Gasteiger partial charge in [0.05, 0.1) is 5.69 Å². The van der Waals surface area contributed by atoms with Gasteiger partial charge in [-0.05, 0) is 36.2 Å². The Hall–Kier alpha value is -2.61. The Labute approximate surface area is 127 Å². The van der Waals surface area contributed by atoms with E-state index in [4.69, 9.17) is 0 Å². The number of hydrogen-bond donors (Lipinski definition) is 2. The number of benzene rings is 1. The predicted octanol–water partition coefficient (Wildman–Crippen LogP) is 0.944. The second-order valence-electron chi connectivity index (χ2n) is 4.94. The van der Waals surface area contributed by atoms with Crippen LogP contribution in [0.25, 0.3) is 11.1 Å². The number of nitrogens with one attached hydrogen (secondary N) is 1. The first-order valence-corrected chi connectivity index (χ1v) is 7.90. The second kappa shape index (κ2) is 4.99. The quantitative estimate of drug-likeness (QED) is 0.858. The third kappa shape index (κ3) is 2.37. The van der Waals surface area contributed by atoms with Crippen molar-refractivity contribution < 1.29 is 18.3 Å². The molecule has 1 aliphatic rings. The average Bonchev–Trinajstić information content (AvgIpc) is 2.72. The topological polar surface area (TPSA) is 99.6 Å². The summed E-state index contributed by atoms with van der Waals surface area (Å²) in [4.78, 5) is 15.3. The minimum absolute atomic E-state index is 0.103. The standard InChI is InChI=1S/C14H13N3O4S/c1-9-5-11(10-3-2-4-15-7-10)6-12(18)14(9)17-8-13(19)16-22(17,20)21/h2-7,18H,8H2,1H3,(H,16,19). The fourth-order valence-electron chi connectivity index (χ4n) is 2.43. The SMILES string of the molecule is Cc1cc(-c2cccnc2)cc(O)c1N1CC(=O)NS1(=O)=O. The van der Waals surface area contributed by atoms with E-state index in [1.165, 1.54) is 6.07 Å². The number of nitrogens with zero attached hydrogens (tertiary/aromatic N) is 2. The van der Waals surface area contributed by atoms with E-state index in [2.05, 4.69) is 4.98 Å². The molecule has 22 heavy (non-hydrogen) atoms. The lowest BCUT2D eigenvalue weighted by molar-refractivity contribution is -0.117. The maximum atomic E-state index is 11.9. The molecule has 3 rings (SSSR count). The van der Waals surface area contributed by atoms with Crippen LogP contribution in [0.4, 0.5) is 5.69 Å². The molecule has 1 aromatic carbocycles. The van der Waals surface area contributed by atoms with Gasteiger partial charge in [-0.3, -0.25) is 9.78 Å². The Morgan fingerprint density at radius 3 is 2.64 bits per heavy atom. The first-order chi connectivity index (χ1) is 10.4. The van der Waals surface area contributed by atoms with Gasteiger partial charge >= 0.3 is 10.2 Å². The molecule has 0 atom stereocenters. The highest BCUT2D eigenvalue weighted by atomic mass is 32.2. The summed E-state index contributed by atoms with van der Waals surface area (Å²) < 4.78 is 26.6. The molecule has 114 valence electrons.